The molecule has 0 aliphatic carbocycles. The second-order valence-electron chi connectivity index (χ2n) is 3.66. The van der Waals surface area contributed by atoms with Gasteiger partial charge in [-0.3, -0.25) is 4.79 Å². The molecule has 5 nitrogen and oxygen atoms in total. The van der Waals surface area contributed by atoms with Gasteiger partial charge < -0.3 is 19.4 Å². The number of nitrogens with zero attached hydrogens (tertiary/aromatic N) is 1. The number of likely N-dealkylation sites (N-methyl/N-ethyl adjacent to an activating group) is 1. The van der Waals surface area contributed by atoms with Crippen molar-refractivity contribution in [2.45, 2.75) is 13.5 Å². The molecule has 1 aromatic rings. The summed E-state index contributed by atoms with van der Waals surface area (Å²) in [4.78, 5) is 13.6. The van der Waals surface area contributed by atoms with Crippen LogP contribution in [0, 0.1) is 0 Å². The van der Waals surface area contributed by atoms with E-state index in [0.717, 1.165) is 5.76 Å². The topological polar surface area (TPSA) is 54.7 Å². The minimum absolute atomic E-state index is 0.0694. The lowest BCUT2D eigenvalue weighted by molar-refractivity contribution is -0.130. The van der Waals surface area contributed by atoms with Crippen LogP contribution in [-0.2, 0) is 16.1 Å². The van der Waals surface area contributed by atoms with E-state index >= 15 is 0 Å². The highest BCUT2D eigenvalue weighted by atomic mass is 16.5. The minimum Gasteiger partial charge on any atom is -0.467 e. The largest absolute Gasteiger partial charge is 0.467 e. The van der Waals surface area contributed by atoms with E-state index in [4.69, 9.17) is 9.15 Å². The van der Waals surface area contributed by atoms with Crippen LogP contribution in [0.4, 0.5) is 0 Å². The number of methoxy groups -OCH3 is 1. The van der Waals surface area contributed by atoms with Crippen LogP contribution in [0.1, 0.15) is 12.7 Å². The molecule has 0 saturated heterocycles. The molecule has 17 heavy (non-hydrogen) atoms. The lowest BCUT2D eigenvalue weighted by Crippen LogP contribution is -2.38. The molecule has 0 unspecified atom stereocenters. The van der Waals surface area contributed by atoms with Crippen molar-refractivity contribution in [2.24, 2.45) is 0 Å². The van der Waals surface area contributed by atoms with E-state index in [-0.39, 0.29) is 5.91 Å². The van der Waals surface area contributed by atoms with E-state index in [1.165, 1.54) is 0 Å². The van der Waals surface area contributed by atoms with Crippen molar-refractivity contribution in [1.29, 1.82) is 0 Å². The minimum atomic E-state index is 0.0694. The molecular formula is C12H20N2O3. The number of rotatable bonds is 8. The molecule has 0 bridgehead atoms. The maximum atomic E-state index is 11.8. The Bertz CT molecular complexity index is 312. The molecule has 0 aromatic carbocycles. The van der Waals surface area contributed by atoms with E-state index in [2.05, 4.69) is 5.32 Å². The van der Waals surface area contributed by atoms with Crippen LogP contribution in [0.2, 0.25) is 0 Å². The maximum absolute atomic E-state index is 11.8. The first-order valence-corrected chi connectivity index (χ1v) is 5.77. The van der Waals surface area contributed by atoms with Crippen LogP contribution < -0.4 is 5.32 Å². The van der Waals surface area contributed by atoms with Crippen LogP contribution in [0.5, 0.6) is 0 Å². The maximum Gasteiger partial charge on any atom is 0.236 e. The highest BCUT2D eigenvalue weighted by molar-refractivity contribution is 5.78. The number of carbonyl (C=O) groups is 1. The van der Waals surface area contributed by atoms with E-state index in [1.54, 1.807) is 18.3 Å². The van der Waals surface area contributed by atoms with Gasteiger partial charge in [0.2, 0.25) is 5.91 Å². The number of hydrogen-bond acceptors (Lipinski definition) is 4. The van der Waals surface area contributed by atoms with Crippen LogP contribution in [0.15, 0.2) is 22.8 Å². The first-order chi connectivity index (χ1) is 8.27. The Balaban J connectivity index is 2.31. The zero-order valence-electron chi connectivity index (χ0n) is 10.4. The zero-order valence-corrected chi connectivity index (χ0v) is 10.4. The van der Waals surface area contributed by atoms with Crippen molar-refractivity contribution in [3.8, 4) is 0 Å². The van der Waals surface area contributed by atoms with Gasteiger partial charge in [0.25, 0.3) is 0 Å². The van der Waals surface area contributed by atoms with E-state index in [0.29, 0.717) is 32.8 Å². The van der Waals surface area contributed by atoms with Gasteiger partial charge in [0.05, 0.1) is 26.0 Å². The number of amides is 1. The molecule has 0 aliphatic heterocycles. The van der Waals surface area contributed by atoms with Crippen LogP contribution in [0.25, 0.3) is 0 Å². The third kappa shape index (κ3) is 5.01. The quantitative estimate of drug-likeness (QED) is 0.685. The first-order valence-electron chi connectivity index (χ1n) is 5.77. The van der Waals surface area contributed by atoms with Crippen molar-refractivity contribution < 1.29 is 13.9 Å². The molecule has 1 rings (SSSR count). The van der Waals surface area contributed by atoms with Crippen molar-refractivity contribution in [2.75, 3.05) is 33.4 Å². The van der Waals surface area contributed by atoms with Gasteiger partial charge in [-0.05, 0) is 19.1 Å². The summed E-state index contributed by atoms with van der Waals surface area (Å²) in [6.07, 6.45) is 1.62. The average Bonchev–Trinajstić information content (AvgIpc) is 2.84. The molecule has 0 aliphatic rings. The lowest BCUT2D eigenvalue weighted by Gasteiger charge is -2.19. The third-order valence-corrected chi connectivity index (χ3v) is 2.42. The third-order valence-electron chi connectivity index (χ3n) is 2.42. The molecule has 5 heteroatoms. The van der Waals surface area contributed by atoms with E-state index in [1.807, 2.05) is 19.1 Å². The Morgan fingerprint density at radius 3 is 3.00 bits per heavy atom. The summed E-state index contributed by atoms with van der Waals surface area (Å²) in [7, 11) is 1.64. The Labute approximate surface area is 102 Å². The van der Waals surface area contributed by atoms with Gasteiger partial charge in [-0.2, -0.15) is 0 Å². The summed E-state index contributed by atoms with van der Waals surface area (Å²) >= 11 is 0. The average molecular weight is 240 g/mol. The van der Waals surface area contributed by atoms with Crippen LogP contribution in [-0.4, -0.2) is 44.2 Å². The SMILES string of the molecule is CCN(Cc1ccco1)C(=O)CNCCOC. The number of carbonyl (C=O) groups excluding carboxylic acids is 1. The molecule has 0 saturated carbocycles. The van der Waals surface area contributed by atoms with Crippen molar-refractivity contribution in [3.05, 3.63) is 24.2 Å². The lowest BCUT2D eigenvalue weighted by atomic mass is 10.3. The Morgan fingerprint density at radius 2 is 2.41 bits per heavy atom. The zero-order chi connectivity index (χ0) is 12.5. The molecule has 1 N–H and O–H groups in total. The molecule has 0 radical (unpaired) electrons. The fourth-order valence-electron chi connectivity index (χ4n) is 1.45. The molecule has 0 fully saturated rings. The monoisotopic (exact) mass is 240 g/mol. The number of hydrogen-bond donors (Lipinski definition) is 1. The first kappa shape index (κ1) is 13.7. The highest BCUT2D eigenvalue weighted by Crippen LogP contribution is 2.05. The number of ether oxygens (including phenoxy) is 1. The molecule has 96 valence electrons. The van der Waals surface area contributed by atoms with E-state index in [9.17, 15) is 4.79 Å². The van der Waals surface area contributed by atoms with Gasteiger partial charge in [0.15, 0.2) is 0 Å². The van der Waals surface area contributed by atoms with Gasteiger partial charge in [0.1, 0.15) is 5.76 Å². The second kappa shape index (κ2) is 7.86. The van der Waals surface area contributed by atoms with Crippen LogP contribution in [0.3, 0.4) is 0 Å². The van der Waals surface area contributed by atoms with Gasteiger partial charge in [-0.15, -0.1) is 0 Å². The summed E-state index contributed by atoms with van der Waals surface area (Å²) in [6.45, 7) is 4.77. The van der Waals surface area contributed by atoms with Gasteiger partial charge in [-0.1, -0.05) is 0 Å². The summed E-state index contributed by atoms with van der Waals surface area (Å²) in [5.74, 6) is 0.872. The summed E-state index contributed by atoms with van der Waals surface area (Å²) in [6, 6.07) is 3.69. The second-order valence-corrected chi connectivity index (χ2v) is 3.66. The number of furan rings is 1. The van der Waals surface area contributed by atoms with Crippen molar-refractivity contribution in [1.82, 2.24) is 10.2 Å². The van der Waals surface area contributed by atoms with Crippen LogP contribution >= 0.6 is 0 Å². The fraction of sp³-hybridized carbons (Fsp3) is 0.583. The van der Waals surface area contributed by atoms with Gasteiger partial charge in [0, 0.05) is 20.2 Å². The van der Waals surface area contributed by atoms with Crippen molar-refractivity contribution in [3.63, 3.8) is 0 Å². The normalized spacial score (nSPS) is 10.5. The number of nitrogens with one attached hydrogen (secondary N) is 1. The predicted octanol–water partition coefficient (Wildman–Crippen LogP) is 0.864. The molecule has 0 spiro atoms. The Kier molecular flexibility index (Phi) is 6.35. The fourth-order valence-corrected chi connectivity index (χ4v) is 1.45. The Hall–Kier alpha value is -1.33. The standard InChI is InChI=1S/C12H20N2O3/c1-3-14(10-11-5-4-7-17-11)12(15)9-13-6-8-16-2/h4-5,7,13H,3,6,8-10H2,1-2H3. The molecular weight excluding hydrogens is 220 g/mol. The molecule has 1 aromatic heterocycles. The predicted molar refractivity (Wildman–Crippen MR) is 64.5 cm³/mol. The summed E-state index contributed by atoms with van der Waals surface area (Å²) in [5.41, 5.74) is 0. The Morgan fingerprint density at radius 1 is 1.59 bits per heavy atom. The van der Waals surface area contributed by atoms with Gasteiger partial charge in [-0.25, -0.2) is 0 Å². The highest BCUT2D eigenvalue weighted by Gasteiger charge is 2.12. The van der Waals surface area contributed by atoms with Crippen molar-refractivity contribution >= 4 is 5.91 Å². The van der Waals surface area contributed by atoms with E-state index < -0.39 is 0 Å². The van der Waals surface area contributed by atoms with Gasteiger partial charge >= 0.3 is 0 Å². The molecule has 0 atom stereocenters. The summed E-state index contributed by atoms with van der Waals surface area (Å²) in [5, 5.41) is 3.03. The molecule has 1 amide bonds. The smallest absolute Gasteiger partial charge is 0.236 e. The summed E-state index contributed by atoms with van der Waals surface area (Å²) < 4.78 is 10.1. The molecule has 1 heterocycles.